The lowest BCUT2D eigenvalue weighted by Crippen LogP contribution is -2.40. The van der Waals surface area contributed by atoms with Crippen molar-refractivity contribution in [2.24, 2.45) is 17.3 Å². The minimum atomic E-state index is 0.491. The van der Waals surface area contributed by atoms with Gasteiger partial charge in [0, 0.05) is 0 Å². The summed E-state index contributed by atoms with van der Waals surface area (Å²) in [5, 5.41) is 0. The van der Waals surface area contributed by atoms with Crippen LogP contribution in [0.25, 0.3) is 0 Å². The van der Waals surface area contributed by atoms with Gasteiger partial charge in [0.2, 0.25) is 0 Å². The minimum absolute atomic E-state index is 0.491. The molecular formula is C20H26O. The molecule has 3 aliphatic carbocycles. The number of hydrogen-bond acceptors (Lipinski definition) is 1. The highest BCUT2D eigenvalue weighted by Crippen LogP contribution is 2.60. The van der Waals surface area contributed by atoms with E-state index in [0.717, 1.165) is 23.5 Å². The standard InChI is InChI=1S/C20H26O/c1-13-4-9-19-18-7-5-14-12-15(21-3)6-8-16(14)17(18)10-11-20(13,19)2/h4,6,8,12,17-19H,5,7,9-11H2,1-3H3/t17?,18?,19?,20-/m1/s1. The first-order valence-electron chi connectivity index (χ1n) is 8.47. The van der Waals surface area contributed by atoms with Gasteiger partial charge >= 0.3 is 0 Å². The van der Waals surface area contributed by atoms with Gasteiger partial charge in [0.25, 0.3) is 0 Å². The fourth-order valence-electron chi connectivity index (χ4n) is 5.47. The topological polar surface area (TPSA) is 9.23 Å². The van der Waals surface area contributed by atoms with Crippen LogP contribution >= 0.6 is 0 Å². The van der Waals surface area contributed by atoms with Crippen molar-refractivity contribution in [2.75, 3.05) is 7.11 Å². The number of fused-ring (bicyclic) bond motifs is 5. The zero-order chi connectivity index (χ0) is 14.6. The Morgan fingerprint density at radius 2 is 2.10 bits per heavy atom. The smallest absolute Gasteiger partial charge is 0.119 e. The Kier molecular flexibility index (Phi) is 2.96. The summed E-state index contributed by atoms with van der Waals surface area (Å²) >= 11 is 0. The molecule has 1 aromatic rings. The normalized spacial score (nSPS) is 37.3. The number of allylic oxidation sites excluding steroid dienone is 2. The molecular weight excluding hydrogens is 256 g/mol. The van der Waals surface area contributed by atoms with E-state index < -0.39 is 0 Å². The van der Waals surface area contributed by atoms with Gasteiger partial charge in [-0.2, -0.15) is 0 Å². The van der Waals surface area contributed by atoms with E-state index in [1.165, 1.54) is 32.1 Å². The Morgan fingerprint density at radius 3 is 2.90 bits per heavy atom. The van der Waals surface area contributed by atoms with Crippen molar-refractivity contribution >= 4 is 0 Å². The van der Waals surface area contributed by atoms with Crippen LogP contribution in [-0.4, -0.2) is 7.11 Å². The number of rotatable bonds is 1. The van der Waals surface area contributed by atoms with Crippen LogP contribution < -0.4 is 4.74 Å². The Bertz CT molecular complexity index is 600. The zero-order valence-corrected chi connectivity index (χ0v) is 13.5. The van der Waals surface area contributed by atoms with E-state index >= 15 is 0 Å². The van der Waals surface area contributed by atoms with Crippen LogP contribution in [0.3, 0.4) is 0 Å². The first kappa shape index (κ1) is 13.4. The van der Waals surface area contributed by atoms with Crippen molar-refractivity contribution in [3.63, 3.8) is 0 Å². The third kappa shape index (κ3) is 1.82. The molecule has 3 unspecified atom stereocenters. The summed E-state index contributed by atoms with van der Waals surface area (Å²) in [6, 6.07) is 6.79. The highest BCUT2D eigenvalue weighted by molar-refractivity contribution is 5.41. The van der Waals surface area contributed by atoms with Gasteiger partial charge < -0.3 is 4.74 Å². The van der Waals surface area contributed by atoms with Crippen LogP contribution in [0.15, 0.2) is 29.8 Å². The molecule has 1 heteroatoms. The Morgan fingerprint density at radius 1 is 1.24 bits per heavy atom. The maximum absolute atomic E-state index is 5.41. The number of hydrogen-bond donors (Lipinski definition) is 0. The first-order chi connectivity index (χ1) is 10.1. The van der Waals surface area contributed by atoms with Crippen LogP contribution in [0.1, 0.15) is 56.6 Å². The summed E-state index contributed by atoms with van der Waals surface area (Å²) in [6.07, 6.45) is 9.17. The largest absolute Gasteiger partial charge is 0.497 e. The summed E-state index contributed by atoms with van der Waals surface area (Å²) in [7, 11) is 1.77. The molecule has 1 saturated carbocycles. The molecule has 0 amide bonds. The molecule has 1 fully saturated rings. The highest BCUT2D eigenvalue weighted by atomic mass is 16.5. The molecule has 112 valence electrons. The third-order valence-corrected chi connectivity index (χ3v) is 6.90. The highest BCUT2D eigenvalue weighted by Gasteiger charge is 2.50. The fourth-order valence-corrected chi connectivity index (χ4v) is 5.47. The number of aryl methyl sites for hydroxylation is 1. The average Bonchev–Trinajstić information content (AvgIpc) is 2.82. The van der Waals surface area contributed by atoms with Gasteiger partial charge in [0.1, 0.15) is 5.75 Å². The Hall–Kier alpha value is -1.24. The van der Waals surface area contributed by atoms with Crippen molar-refractivity contribution in [1.29, 1.82) is 0 Å². The Balaban J connectivity index is 1.69. The second kappa shape index (κ2) is 4.63. The van der Waals surface area contributed by atoms with E-state index in [-0.39, 0.29) is 0 Å². The summed E-state index contributed by atoms with van der Waals surface area (Å²) in [6.45, 7) is 4.89. The van der Waals surface area contributed by atoms with Crippen LogP contribution in [-0.2, 0) is 6.42 Å². The molecule has 0 radical (unpaired) electrons. The average molecular weight is 282 g/mol. The van der Waals surface area contributed by atoms with Gasteiger partial charge in [-0.3, -0.25) is 0 Å². The number of benzene rings is 1. The van der Waals surface area contributed by atoms with Crippen molar-refractivity contribution in [3.8, 4) is 5.75 Å². The quantitative estimate of drug-likeness (QED) is 0.651. The van der Waals surface area contributed by atoms with Crippen LogP contribution in [0.5, 0.6) is 5.75 Å². The van der Waals surface area contributed by atoms with Gasteiger partial charge in [-0.1, -0.05) is 24.6 Å². The number of ether oxygens (including phenoxy) is 1. The van der Waals surface area contributed by atoms with Crippen molar-refractivity contribution in [1.82, 2.24) is 0 Å². The first-order valence-corrected chi connectivity index (χ1v) is 8.47. The van der Waals surface area contributed by atoms with Gasteiger partial charge in [0.05, 0.1) is 7.11 Å². The van der Waals surface area contributed by atoms with E-state index in [1.807, 2.05) is 0 Å². The van der Waals surface area contributed by atoms with Gasteiger partial charge in [-0.25, -0.2) is 0 Å². The van der Waals surface area contributed by atoms with Gasteiger partial charge in [-0.05, 0) is 85.5 Å². The van der Waals surface area contributed by atoms with E-state index in [1.54, 1.807) is 23.8 Å². The second-order valence-corrected chi connectivity index (χ2v) is 7.56. The molecule has 0 heterocycles. The monoisotopic (exact) mass is 282 g/mol. The molecule has 0 spiro atoms. The van der Waals surface area contributed by atoms with Gasteiger partial charge in [0.15, 0.2) is 0 Å². The van der Waals surface area contributed by atoms with Crippen LogP contribution in [0.4, 0.5) is 0 Å². The van der Waals surface area contributed by atoms with E-state index in [0.29, 0.717) is 5.41 Å². The summed E-state index contributed by atoms with van der Waals surface area (Å²) in [4.78, 5) is 0. The Labute approximate surface area is 128 Å². The molecule has 0 N–H and O–H groups in total. The lowest BCUT2D eigenvalue weighted by molar-refractivity contribution is 0.0753. The number of methoxy groups -OCH3 is 1. The third-order valence-electron chi connectivity index (χ3n) is 6.90. The van der Waals surface area contributed by atoms with Crippen molar-refractivity contribution in [3.05, 3.63) is 41.0 Å². The second-order valence-electron chi connectivity index (χ2n) is 7.56. The molecule has 1 nitrogen and oxygen atoms in total. The van der Waals surface area contributed by atoms with E-state index in [9.17, 15) is 0 Å². The lowest BCUT2D eigenvalue weighted by Gasteiger charge is -2.50. The summed E-state index contributed by atoms with van der Waals surface area (Å²) in [5.41, 5.74) is 5.32. The minimum Gasteiger partial charge on any atom is -0.497 e. The lowest BCUT2D eigenvalue weighted by atomic mass is 9.54. The fraction of sp³-hybridized carbons (Fsp3) is 0.600. The maximum Gasteiger partial charge on any atom is 0.119 e. The summed E-state index contributed by atoms with van der Waals surface area (Å²) in [5.74, 6) is 3.58. The maximum atomic E-state index is 5.41. The van der Waals surface area contributed by atoms with E-state index in [4.69, 9.17) is 4.74 Å². The zero-order valence-electron chi connectivity index (χ0n) is 13.5. The molecule has 0 aromatic heterocycles. The molecule has 0 saturated heterocycles. The SMILES string of the molecule is COc1ccc2c(c1)CCC1C2CC[C@]2(C)C(C)=CCC12. The van der Waals surface area contributed by atoms with Crippen LogP contribution in [0.2, 0.25) is 0 Å². The van der Waals surface area contributed by atoms with E-state index in [2.05, 4.69) is 38.1 Å². The molecule has 0 aliphatic heterocycles. The molecule has 4 rings (SSSR count). The van der Waals surface area contributed by atoms with Crippen molar-refractivity contribution in [2.45, 2.75) is 51.9 Å². The predicted molar refractivity (Wildman–Crippen MR) is 86.8 cm³/mol. The molecule has 4 atom stereocenters. The molecule has 21 heavy (non-hydrogen) atoms. The molecule has 1 aromatic carbocycles. The predicted octanol–water partition coefficient (Wildman–Crippen LogP) is 5.11. The molecule has 0 bridgehead atoms. The van der Waals surface area contributed by atoms with Gasteiger partial charge in [-0.15, -0.1) is 0 Å². The summed E-state index contributed by atoms with van der Waals surface area (Å²) < 4.78 is 5.41. The van der Waals surface area contributed by atoms with Crippen LogP contribution in [0, 0.1) is 17.3 Å². The van der Waals surface area contributed by atoms with Crippen molar-refractivity contribution < 1.29 is 4.74 Å². The molecule has 3 aliphatic rings.